The zero-order chi connectivity index (χ0) is 14.9. The van der Waals surface area contributed by atoms with Crippen molar-refractivity contribution >= 4 is 33.2 Å². The molecule has 106 valence electrons. The highest BCUT2D eigenvalue weighted by Gasteiger charge is 2.22. The van der Waals surface area contributed by atoms with Gasteiger partial charge in [0, 0.05) is 4.88 Å². The monoisotopic (exact) mass is 365 g/mol. The SMILES string of the molecule is O=C(NCc1ccc(Br)s1)c1cc(F)c(F)c(O)c1F. The number of nitrogens with one attached hydrogen (secondary N) is 1. The summed E-state index contributed by atoms with van der Waals surface area (Å²) < 4.78 is 40.3. The fourth-order valence-electron chi connectivity index (χ4n) is 1.47. The van der Waals surface area contributed by atoms with Gasteiger partial charge in [-0.25, -0.2) is 8.78 Å². The highest BCUT2D eigenvalue weighted by molar-refractivity contribution is 9.11. The van der Waals surface area contributed by atoms with Gasteiger partial charge >= 0.3 is 0 Å². The molecule has 2 N–H and O–H groups in total. The second-order valence-electron chi connectivity index (χ2n) is 3.77. The molecule has 0 saturated carbocycles. The average Bonchev–Trinajstić information content (AvgIpc) is 2.83. The Hall–Kier alpha value is -1.54. The number of hydrogen-bond donors (Lipinski definition) is 2. The lowest BCUT2D eigenvalue weighted by Crippen LogP contribution is -2.23. The Bertz CT molecular complexity index is 675. The number of rotatable bonds is 3. The van der Waals surface area contributed by atoms with Crippen molar-refractivity contribution in [2.75, 3.05) is 0 Å². The van der Waals surface area contributed by atoms with Crippen LogP contribution in [0.1, 0.15) is 15.2 Å². The predicted octanol–water partition coefficient (Wildman–Crippen LogP) is 3.56. The number of halogens is 4. The van der Waals surface area contributed by atoms with Crippen LogP contribution in [0.3, 0.4) is 0 Å². The van der Waals surface area contributed by atoms with Gasteiger partial charge < -0.3 is 10.4 Å². The van der Waals surface area contributed by atoms with Gasteiger partial charge in [0.15, 0.2) is 17.4 Å². The minimum absolute atomic E-state index is 0.105. The van der Waals surface area contributed by atoms with Gasteiger partial charge in [-0.15, -0.1) is 11.3 Å². The maximum absolute atomic E-state index is 13.5. The minimum Gasteiger partial charge on any atom is -0.503 e. The van der Waals surface area contributed by atoms with Crippen LogP contribution in [0.4, 0.5) is 13.2 Å². The second-order valence-corrected chi connectivity index (χ2v) is 6.32. The topological polar surface area (TPSA) is 49.3 Å². The molecule has 0 fully saturated rings. The first-order valence-electron chi connectivity index (χ1n) is 5.29. The van der Waals surface area contributed by atoms with Crippen LogP contribution in [0.5, 0.6) is 5.75 Å². The number of hydrogen-bond acceptors (Lipinski definition) is 3. The van der Waals surface area contributed by atoms with E-state index in [1.165, 1.54) is 11.3 Å². The van der Waals surface area contributed by atoms with E-state index in [0.717, 1.165) is 8.66 Å². The number of carbonyl (C=O) groups is 1. The molecular weight excluding hydrogens is 359 g/mol. The van der Waals surface area contributed by atoms with Gasteiger partial charge in [-0.1, -0.05) is 0 Å². The van der Waals surface area contributed by atoms with Gasteiger partial charge in [0.05, 0.1) is 15.9 Å². The number of benzene rings is 1. The Labute approximate surface area is 124 Å². The molecule has 3 nitrogen and oxygen atoms in total. The summed E-state index contributed by atoms with van der Waals surface area (Å²) in [5, 5.41) is 11.4. The number of amides is 1. The third kappa shape index (κ3) is 2.96. The Morgan fingerprint density at radius 2 is 2.00 bits per heavy atom. The molecule has 20 heavy (non-hydrogen) atoms. The van der Waals surface area contributed by atoms with E-state index in [1.807, 2.05) is 0 Å². The third-order valence-electron chi connectivity index (χ3n) is 2.43. The zero-order valence-electron chi connectivity index (χ0n) is 9.71. The summed E-state index contributed by atoms with van der Waals surface area (Å²) in [4.78, 5) is 12.5. The van der Waals surface area contributed by atoms with Crippen molar-refractivity contribution in [2.24, 2.45) is 0 Å². The molecule has 2 rings (SSSR count). The van der Waals surface area contributed by atoms with Crippen molar-refractivity contribution in [2.45, 2.75) is 6.54 Å². The maximum Gasteiger partial charge on any atom is 0.254 e. The molecule has 1 heterocycles. The van der Waals surface area contributed by atoms with E-state index in [-0.39, 0.29) is 6.54 Å². The van der Waals surface area contributed by atoms with Gasteiger partial charge in [-0.2, -0.15) is 4.39 Å². The Morgan fingerprint density at radius 1 is 1.30 bits per heavy atom. The number of aromatic hydroxyl groups is 1. The quantitative estimate of drug-likeness (QED) is 0.817. The molecule has 0 aliphatic heterocycles. The summed E-state index contributed by atoms with van der Waals surface area (Å²) in [7, 11) is 0. The molecule has 0 aliphatic rings. The fourth-order valence-corrected chi connectivity index (χ4v) is 2.89. The van der Waals surface area contributed by atoms with Crippen molar-refractivity contribution < 1.29 is 23.1 Å². The molecule has 8 heteroatoms. The number of phenols is 1. The van der Waals surface area contributed by atoms with Gasteiger partial charge in [-0.05, 0) is 34.1 Å². The molecule has 2 aromatic rings. The lowest BCUT2D eigenvalue weighted by atomic mass is 10.1. The van der Waals surface area contributed by atoms with Gasteiger partial charge in [0.2, 0.25) is 5.82 Å². The van der Waals surface area contributed by atoms with Gasteiger partial charge in [0.25, 0.3) is 5.91 Å². The molecule has 1 aromatic heterocycles. The molecule has 0 saturated heterocycles. The highest BCUT2D eigenvalue weighted by Crippen LogP contribution is 2.26. The number of phenolic OH excluding ortho intramolecular Hbond substituents is 1. The van der Waals surface area contributed by atoms with Crippen molar-refractivity contribution in [1.29, 1.82) is 0 Å². The van der Waals surface area contributed by atoms with Crippen molar-refractivity contribution in [3.05, 3.63) is 49.9 Å². The van der Waals surface area contributed by atoms with Crippen molar-refractivity contribution in [3.8, 4) is 5.75 Å². The fraction of sp³-hybridized carbons (Fsp3) is 0.0833. The van der Waals surface area contributed by atoms with Crippen LogP contribution in [-0.2, 0) is 6.54 Å². The largest absolute Gasteiger partial charge is 0.503 e. The molecule has 0 unspecified atom stereocenters. The van der Waals surface area contributed by atoms with E-state index in [0.29, 0.717) is 6.07 Å². The summed E-state index contributed by atoms with van der Waals surface area (Å²) in [6, 6.07) is 3.92. The Balaban J connectivity index is 2.17. The Morgan fingerprint density at radius 3 is 2.60 bits per heavy atom. The predicted molar refractivity (Wildman–Crippen MR) is 71.2 cm³/mol. The van der Waals surface area contributed by atoms with E-state index in [4.69, 9.17) is 5.11 Å². The standard InChI is InChI=1S/C12H7BrF3NO2S/c13-8-2-1-5(20-8)4-17-12(19)6-3-7(14)10(16)11(18)9(6)15/h1-3,18H,4H2,(H,17,19). The van der Waals surface area contributed by atoms with Crippen LogP contribution >= 0.6 is 27.3 Å². The first-order chi connectivity index (χ1) is 9.40. The van der Waals surface area contributed by atoms with Crippen LogP contribution < -0.4 is 5.32 Å². The van der Waals surface area contributed by atoms with E-state index < -0.39 is 34.7 Å². The van der Waals surface area contributed by atoms with Crippen LogP contribution in [0.2, 0.25) is 0 Å². The average molecular weight is 366 g/mol. The molecule has 0 atom stereocenters. The molecule has 0 spiro atoms. The van der Waals surface area contributed by atoms with Crippen LogP contribution in [-0.4, -0.2) is 11.0 Å². The lowest BCUT2D eigenvalue weighted by Gasteiger charge is -2.07. The summed E-state index contributed by atoms with van der Waals surface area (Å²) in [6.07, 6.45) is 0. The van der Waals surface area contributed by atoms with Crippen molar-refractivity contribution in [3.63, 3.8) is 0 Å². The summed E-state index contributed by atoms with van der Waals surface area (Å²) in [6.45, 7) is 0.105. The molecule has 0 radical (unpaired) electrons. The lowest BCUT2D eigenvalue weighted by molar-refractivity contribution is 0.0945. The third-order valence-corrected chi connectivity index (χ3v) is 4.05. The van der Waals surface area contributed by atoms with E-state index in [9.17, 15) is 18.0 Å². The van der Waals surface area contributed by atoms with Gasteiger partial charge in [-0.3, -0.25) is 4.79 Å². The van der Waals surface area contributed by atoms with E-state index in [1.54, 1.807) is 12.1 Å². The van der Waals surface area contributed by atoms with Crippen LogP contribution in [0, 0.1) is 17.5 Å². The zero-order valence-corrected chi connectivity index (χ0v) is 12.1. The second kappa shape index (κ2) is 5.84. The van der Waals surface area contributed by atoms with E-state index in [2.05, 4.69) is 21.2 Å². The normalized spacial score (nSPS) is 10.6. The highest BCUT2D eigenvalue weighted by atomic mass is 79.9. The first kappa shape index (κ1) is 14.9. The molecular formula is C12H7BrF3NO2S. The number of thiophene rings is 1. The van der Waals surface area contributed by atoms with Gasteiger partial charge in [0.1, 0.15) is 0 Å². The molecule has 1 amide bonds. The number of carbonyl (C=O) groups excluding carboxylic acids is 1. The van der Waals surface area contributed by atoms with Crippen LogP contribution in [0.15, 0.2) is 22.0 Å². The maximum atomic E-state index is 13.5. The molecule has 0 aliphatic carbocycles. The molecule has 1 aromatic carbocycles. The summed E-state index contributed by atoms with van der Waals surface area (Å²) in [5.41, 5.74) is -0.753. The van der Waals surface area contributed by atoms with E-state index >= 15 is 0 Å². The minimum atomic E-state index is -1.72. The summed E-state index contributed by atoms with van der Waals surface area (Å²) >= 11 is 4.61. The Kier molecular flexibility index (Phi) is 4.34. The van der Waals surface area contributed by atoms with Crippen molar-refractivity contribution in [1.82, 2.24) is 5.32 Å². The summed E-state index contributed by atoms with van der Waals surface area (Å²) in [5.74, 6) is -7.15. The smallest absolute Gasteiger partial charge is 0.254 e. The first-order valence-corrected chi connectivity index (χ1v) is 6.90. The van der Waals surface area contributed by atoms with Crippen LogP contribution in [0.25, 0.3) is 0 Å². The molecule has 0 bridgehead atoms.